The van der Waals surface area contributed by atoms with E-state index < -0.39 is 9.84 Å². The molecule has 0 bridgehead atoms. The summed E-state index contributed by atoms with van der Waals surface area (Å²) in [6.45, 7) is 1.61. The van der Waals surface area contributed by atoms with E-state index in [2.05, 4.69) is 4.98 Å². The highest BCUT2D eigenvalue weighted by molar-refractivity contribution is 7.91. The van der Waals surface area contributed by atoms with Crippen molar-refractivity contribution >= 4 is 27.0 Å². The SMILES string of the molecule is CCS(=O)(=O)CCCC(=O)c1cncs1. The third-order valence-corrected chi connectivity index (χ3v) is 4.61. The van der Waals surface area contributed by atoms with E-state index in [-0.39, 0.29) is 23.7 Å². The highest BCUT2D eigenvalue weighted by Crippen LogP contribution is 2.10. The van der Waals surface area contributed by atoms with Gasteiger partial charge in [0.25, 0.3) is 0 Å². The summed E-state index contributed by atoms with van der Waals surface area (Å²) < 4.78 is 22.3. The Morgan fingerprint density at radius 3 is 2.80 bits per heavy atom. The Labute approximate surface area is 93.3 Å². The molecule has 0 fully saturated rings. The molecule has 0 aliphatic rings. The zero-order valence-corrected chi connectivity index (χ0v) is 10.1. The number of carbonyl (C=O) groups is 1. The Bertz CT molecular complexity index is 409. The second kappa shape index (κ2) is 5.37. The molecule has 84 valence electrons. The number of sulfone groups is 1. The van der Waals surface area contributed by atoms with Crippen molar-refractivity contribution in [1.82, 2.24) is 4.98 Å². The van der Waals surface area contributed by atoms with Gasteiger partial charge in [0.1, 0.15) is 9.84 Å². The Balaban J connectivity index is 2.36. The fourth-order valence-electron chi connectivity index (χ4n) is 1.07. The van der Waals surface area contributed by atoms with Crippen LogP contribution in [0.2, 0.25) is 0 Å². The van der Waals surface area contributed by atoms with E-state index in [1.807, 2.05) is 0 Å². The maximum atomic E-state index is 11.5. The summed E-state index contributed by atoms with van der Waals surface area (Å²) in [6.07, 6.45) is 2.19. The molecule has 1 aromatic heterocycles. The van der Waals surface area contributed by atoms with E-state index in [1.54, 1.807) is 12.4 Å². The minimum absolute atomic E-state index is 0.0243. The van der Waals surface area contributed by atoms with Gasteiger partial charge < -0.3 is 0 Å². The molecule has 0 radical (unpaired) electrons. The molecule has 0 unspecified atom stereocenters. The molecule has 0 saturated heterocycles. The average molecular weight is 247 g/mol. The van der Waals surface area contributed by atoms with E-state index in [1.165, 1.54) is 17.5 Å². The van der Waals surface area contributed by atoms with Crippen molar-refractivity contribution in [3.63, 3.8) is 0 Å². The molecule has 0 aliphatic heterocycles. The van der Waals surface area contributed by atoms with Crippen LogP contribution >= 0.6 is 11.3 Å². The first-order chi connectivity index (χ1) is 7.05. The standard InChI is InChI=1S/C9H13NO3S2/c1-2-15(12,13)5-3-4-8(11)9-6-10-7-14-9/h6-7H,2-5H2,1H3. The summed E-state index contributed by atoms with van der Waals surface area (Å²) in [5.41, 5.74) is 1.59. The second-order valence-corrected chi connectivity index (χ2v) is 6.49. The zero-order valence-electron chi connectivity index (χ0n) is 8.47. The summed E-state index contributed by atoms with van der Waals surface area (Å²) in [5, 5.41) is 0. The van der Waals surface area contributed by atoms with Crippen LogP contribution in [0, 0.1) is 0 Å². The highest BCUT2D eigenvalue weighted by atomic mass is 32.2. The number of ketones is 1. The minimum Gasteiger partial charge on any atom is -0.293 e. The van der Waals surface area contributed by atoms with Crippen LogP contribution in [0.3, 0.4) is 0 Å². The molecule has 0 aliphatic carbocycles. The molecule has 1 aromatic rings. The van der Waals surface area contributed by atoms with Crippen molar-refractivity contribution in [2.24, 2.45) is 0 Å². The van der Waals surface area contributed by atoms with Crippen molar-refractivity contribution in [2.75, 3.05) is 11.5 Å². The van der Waals surface area contributed by atoms with Crippen LogP contribution in [0.1, 0.15) is 29.4 Å². The third kappa shape index (κ3) is 4.09. The van der Waals surface area contributed by atoms with Gasteiger partial charge in [-0.1, -0.05) is 6.92 Å². The molecule has 0 aromatic carbocycles. The summed E-state index contributed by atoms with van der Waals surface area (Å²) in [4.78, 5) is 15.9. The molecule has 0 amide bonds. The van der Waals surface area contributed by atoms with Crippen LogP contribution in [-0.4, -0.2) is 30.7 Å². The van der Waals surface area contributed by atoms with Gasteiger partial charge in [0.05, 0.1) is 16.1 Å². The van der Waals surface area contributed by atoms with Gasteiger partial charge in [0.15, 0.2) is 5.78 Å². The Morgan fingerprint density at radius 2 is 2.27 bits per heavy atom. The number of carbonyl (C=O) groups excluding carboxylic acids is 1. The van der Waals surface area contributed by atoms with E-state index in [9.17, 15) is 13.2 Å². The first kappa shape index (κ1) is 12.3. The lowest BCUT2D eigenvalue weighted by molar-refractivity contribution is 0.0985. The molecule has 1 rings (SSSR count). The maximum Gasteiger partial charge on any atom is 0.174 e. The lowest BCUT2D eigenvalue weighted by Gasteiger charge is -1.99. The van der Waals surface area contributed by atoms with Gasteiger partial charge >= 0.3 is 0 Å². The number of nitrogens with zero attached hydrogens (tertiary/aromatic N) is 1. The Kier molecular flexibility index (Phi) is 4.41. The maximum absolute atomic E-state index is 11.5. The summed E-state index contributed by atoms with van der Waals surface area (Å²) in [6, 6.07) is 0. The minimum atomic E-state index is -2.95. The van der Waals surface area contributed by atoms with Gasteiger partial charge in [-0.25, -0.2) is 8.42 Å². The number of hydrogen-bond acceptors (Lipinski definition) is 5. The zero-order chi connectivity index (χ0) is 11.3. The van der Waals surface area contributed by atoms with Gasteiger partial charge in [-0.05, 0) is 6.42 Å². The molecule has 6 heteroatoms. The van der Waals surface area contributed by atoms with Crippen LogP contribution in [0.4, 0.5) is 0 Å². The quantitative estimate of drug-likeness (QED) is 0.715. The van der Waals surface area contributed by atoms with Gasteiger partial charge in [0, 0.05) is 18.4 Å². The fourth-order valence-corrected chi connectivity index (χ4v) is 2.54. The molecular formula is C9H13NO3S2. The second-order valence-electron chi connectivity index (χ2n) is 3.13. The van der Waals surface area contributed by atoms with Crippen molar-refractivity contribution in [1.29, 1.82) is 0 Å². The number of hydrogen-bond donors (Lipinski definition) is 0. The number of aromatic nitrogens is 1. The van der Waals surface area contributed by atoms with Gasteiger partial charge in [0.2, 0.25) is 0 Å². The van der Waals surface area contributed by atoms with Crippen LogP contribution in [0.15, 0.2) is 11.7 Å². The van der Waals surface area contributed by atoms with Crippen molar-refractivity contribution < 1.29 is 13.2 Å². The van der Waals surface area contributed by atoms with E-state index in [4.69, 9.17) is 0 Å². The van der Waals surface area contributed by atoms with Crippen LogP contribution in [-0.2, 0) is 9.84 Å². The van der Waals surface area contributed by atoms with E-state index in [0.717, 1.165) is 0 Å². The molecule has 15 heavy (non-hydrogen) atoms. The van der Waals surface area contributed by atoms with Crippen LogP contribution in [0.25, 0.3) is 0 Å². The predicted octanol–water partition coefficient (Wildman–Crippen LogP) is 1.54. The van der Waals surface area contributed by atoms with Gasteiger partial charge in [-0.2, -0.15) is 0 Å². The normalized spacial score (nSPS) is 11.5. The van der Waals surface area contributed by atoms with E-state index in [0.29, 0.717) is 11.3 Å². The number of Topliss-reactive ketones (excluding diaryl/α,β-unsaturated/α-hetero) is 1. The average Bonchev–Trinajstić information content (AvgIpc) is 2.70. The molecule has 0 N–H and O–H groups in total. The van der Waals surface area contributed by atoms with E-state index >= 15 is 0 Å². The lowest BCUT2D eigenvalue weighted by Crippen LogP contribution is -2.10. The fraction of sp³-hybridized carbons (Fsp3) is 0.556. The largest absolute Gasteiger partial charge is 0.293 e. The summed E-state index contributed by atoms with van der Waals surface area (Å²) in [7, 11) is -2.95. The molecule has 0 saturated carbocycles. The topological polar surface area (TPSA) is 64.1 Å². The van der Waals surface area contributed by atoms with Crippen molar-refractivity contribution in [2.45, 2.75) is 19.8 Å². The molecule has 4 nitrogen and oxygen atoms in total. The van der Waals surface area contributed by atoms with Crippen LogP contribution < -0.4 is 0 Å². The van der Waals surface area contributed by atoms with Crippen LogP contribution in [0.5, 0.6) is 0 Å². The first-order valence-electron chi connectivity index (χ1n) is 4.67. The highest BCUT2D eigenvalue weighted by Gasteiger charge is 2.11. The number of rotatable bonds is 6. The monoisotopic (exact) mass is 247 g/mol. The molecule has 0 atom stereocenters. The predicted molar refractivity (Wildman–Crippen MR) is 60.0 cm³/mol. The Hall–Kier alpha value is -0.750. The first-order valence-corrected chi connectivity index (χ1v) is 7.37. The molecule has 0 spiro atoms. The smallest absolute Gasteiger partial charge is 0.174 e. The van der Waals surface area contributed by atoms with Crippen molar-refractivity contribution in [3.8, 4) is 0 Å². The van der Waals surface area contributed by atoms with Crippen molar-refractivity contribution in [3.05, 3.63) is 16.6 Å². The third-order valence-electron chi connectivity index (χ3n) is 2.01. The summed E-state index contributed by atoms with van der Waals surface area (Å²) >= 11 is 1.28. The van der Waals surface area contributed by atoms with Gasteiger partial charge in [-0.15, -0.1) is 11.3 Å². The number of thiazole rings is 1. The molecule has 1 heterocycles. The van der Waals surface area contributed by atoms with Gasteiger partial charge in [-0.3, -0.25) is 9.78 Å². The Morgan fingerprint density at radius 1 is 1.53 bits per heavy atom. The summed E-state index contributed by atoms with van der Waals surface area (Å²) in [5.74, 6) is 0.208. The lowest BCUT2D eigenvalue weighted by atomic mass is 10.2. The molecular weight excluding hydrogens is 234 g/mol.